The molecule has 128 valence electrons. The lowest BCUT2D eigenvalue weighted by Gasteiger charge is -2.31. The highest BCUT2D eigenvalue weighted by Crippen LogP contribution is 2.33. The molecule has 1 unspecified atom stereocenters. The van der Waals surface area contributed by atoms with Crippen LogP contribution in [0.25, 0.3) is 12.2 Å². The molecule has 1 aliphatic heterocycles. The van der Waals surface area contributed by atoms with Crippen LogP contribution < -0.4 is 10.1 Å². The van der Waals surface area contributed by atoms with Crippen LogP contribution in [0.5, 0.6) is 5.75 Å². The molecule has 2 heterocycles. The van der Waals surface area contributed by atoms with E-state index in [9.17, 15) is 9.59 Å². The highest BCUT2D eigenvalue weighted by Gasteiger charge is 2.49. The van der Waals surface area contributed by atoms with Crippen molar-refractivity contribution >= 4 is 29.8 Å². The number of benzene rings is 1. The first-order chi connectivity index (χ1) is 12.0. The average molecular weight is 338 g/mol. The number of ether oxygens (including phenoxy) is 2. The lowest BCUT2D eigenvalue weighted by atomic mass is 10.0. The first kappa shape index (κ1) is 16.7. The van der Waals surface area contributed by atoms with E-state index in [0.717, 1.165) is 5.56 Å². The molecule has 6 heteroatoms. The lowest BCUT2D eigenvalue weighted by molar-refractivity contribution is -0.165. The van der Waals surface area contributed by atoms with E-state index in [-0.39, 0.29) is 12.4 Å². The molecule has 0 aliphatic carbocycles. The number of nitrogens with zero attached hydrogens (tertiary/aromatic N) is 1. The van der Waals surface area contributed by atoms with Crippen molar-refractivity contribution in [3.63, 3.8) is 0 Å². The number of nitrogens with one attached hydrogen (secondary N) is 1. The number of rotatable bonds is 4. The zero-order valence-corrected chi connectivity index (χ0v) is 14.0. The van der Waals surface area contributed by atoms with Crippen molar-refractivity contribution < 1.29 is 19.1 Å². The van der Waals surface area contributed by atoms with Crippen molar-refractivity contribution in [2.45, 2.75) is 19.4 Å². The quantitative estimate of drug-likeness (QED) is 0.685. The number of anilines is 1. The number of pyridine rings is 1. The summed E-state index contributed by atoms with van der Waals surface area (Å²) in [6.07, 6.45) is 3.75. The summed E-state index contributed by atoms with van der Waals surface area (Å²) in [5.74, 6) is -0.727. The van der Waals surface area contributed by atoms with Crippen molar-refractivity contribution in [2.75, 3.05) is 11.9 Å². The molecular formula is C19H18N2O4. The molecule has 6 nitrogen and oxygen atoms in total. The minimum atomic E-state index is -1.72. The van der Waals surface area contributed by atoms with Crippen LogP contribution in [-0.2, 0) is 14.3 Å². The van der Waals surface area contributed by atoms with Crippen LogP contribution in [0, 0.1) is 0 Å². The fraction of sp³-hybridized carbons (Fsp3) is 0.211. The molecule has 1 atom stereocenters. The number of carbonyl (C=O) groups is 2. The van der Waals surface area contributed by atoms with Gasteiger partial charge in [-0.1, -0.05) is 36.4 Å². The number of fused-ring (bicyclic) bond motifs is 1. The van der Waals surface area contributed by atoms with Crippen molar-refractivity contribution in [2.24, 2.45) is 0 Å². The van der Waals surface area contributed by atoms with E-state index < -0.39 is 17.5 Å². The monoisotopic (exact) mass is 338 g/mol. The maximum Gasteiger partial charge on any atom is 0.360 e. The molecule has 0 saturated heterocycles. The van der Waals surface area contributed by atoms with Crippen LogP contribution in [0.4, 0.5) is 5.82 Å². The van der Waals surface area contributed by atoms with Crippen molar-refractivity contribution in [3.8, 4) is 5.75 Å². The Balaban J connectivity index is 1.83. The van der Waals surface area contributed by atoms with Gasteiger partial charge < -0.3 is 14.8 Å². The number of hydrogen-bond donors (Lipinski definition) is 1. The molecule has 0 spiro atoms. The van der Waals surface area contributed by atoms with Gasteiger partial charge in [-0.2, -0.15) is 0 Å². The molecule has 1 aromatic carbocycles. The minimum Gasteiger partial charge on any atom is -0.463 e. The predicted molar refractivity (Wildman–Crippen MR) is 93.9 cm³/mol. The molecule has 25 heavy (non-hydrogen) atoms. The van der Waals surface area contributed by atoms with E-state index in [0.29, 0.717) is 11.4 Å². The molecule has 0 radical (unpaired) electrons. The number of amides is 1. The highest BCUT2D eigenvalue weighted by atomic mass is 16.6. The van der Waals surface area contributed by atoms with Gasteiger partial charge in [-0.15, -0.1) is 0 Å². The second-order valence-electron chi connectivity index (χ2n) is 5.64. The van der Waals surface area contributed by atoms with Crippen LogP contribution in [0.3, 0.4) is 0 Å². The lowest BCUT2D eigenvalue weighted by Crippen LogP contribution is -2.55. The molecule has 2 aromatic rings. The highest BCUT2D eigenvalue weighted by molar-refractivity contribution is 6.13. The first-order valence-electron chi connectivity index (χ1n) is 7.95. The molecule has 0 bridgehead atoms. The summed E-state index contributed by atoms with van der Waals surface area (Å²) in [6.45, 7) is 3.22. The standard InChI is InChI=1S/C19H18N2O4/c1-3-24-18(23)19(2)17(22)21-16-15(25-19)12-11-14(20-16)10-9-13-7-5-4-6-8-13/h4-12H,3H2,1-2H3,(H,20,21,22)/b10-9+. The SMILES string of the molecule is CCOC(=O)C1(C)Oc2ccc(/C=C/c3ccccc3)nc2NC1=O. The molecule has 1 amide bonds. The molecule has 0 fully saturated rings. The molecule has 3 rings (SSSR count). The summed E-state index contributed by atoms with van der Waals surface area (Å²) in [5, 5.41) is 2.62. The molecule has 0 saturated carbocycles. The topological polar surface area (TPSA) is 77.5 Å². The summed E-state index contributed by atoms with van der Waals surface area (Å²) in [4.78, 5) is 28.7. The van der Waals surface area contributed by atoms with Gasteiger partial charge in [0.2, 0.25) is 0 Å². The zero-order valence-electron chi connectivity index (χ0n) is 14.0. The Labute approximate surface area is 145 Å². The Hall–Kier alpha value is -3.15. The fourth-order valence-electron chi connectivity index (χ4n) is 2.37. The van der Waals surface area contributed by atoms with E-state index in [4.69, 9.17) is 9.47 Å². The van der Waals surface area contributed by atoms with Crippen LogP contribution in [-0.4, -0.2) is 29.1 Å². The zero-order chi connectivity index (χ0) is 17.9. The second kappa shape index (κ2) is 6.76. The Bertz CT molecular complexity index is 833. The van der Waals surface area contributed by atoms with Gasteiger partial charge in [0, 0.05) is 0 Å². The minimum absolute atomic E-state index is 0.166. The summed E-state index contributed by atoms with van der Waals surface area (Å²) >= 11 is 0. The summed E-state index contributed by atoms with van der Waals surface area (Å²) in [7, 11) is 0. The summed E-state index contributed by atoms with van der Waals surface area (Å²) in [6, 6.07) is 13.2. The third kappa shape index (κ3) is 3.38. The van der Waals surface area contributed by atoms with E-state index >= 15 is 0 Å². The van der Waals surface area contributed by atoms with Gasteiger partial charge in [0.1, 0.15) is 0 Å². The van der Waals surface area contributed by atoms with Crippen molar-refractivity contribution in [1.29, 1.82) is 0 Å². The van der Waals surface area contributed by atoms with Crippen LogP contribution in [0.2, 0.25) is 0 Å². The van der Waals surface area contributed by atoms with E-state index in [1.807, 2.05) is 42.5 Å². The number of carbonyl (C=O) groups excluding carboxylic acids is 2. The smallest absolute Gasteiger partial charge is 0.360 e. The van der Waals surface area contributed by atoms with Gasteiger partial charge in [0.25, 0.3) is 11.5 Å². The van der Waals surface area contributed by atoms with Gasteiger partial charge in [-0.25, -0.2) is 9.78 Å². The maximum atomic E-state index is 12.3. The van der Waals surface area contributed by atoms with Gasteiger partial charge >= 0.3 is 5.97 Å². The second-order valence-corrected chi connectivity index (χ2v) is 5.64. The van der Waals surface area contributed by atoms with Gasteiger partial charge in [0.05, 0.1) is 12.3 Å². The van der Waals surface area contributed by atoms with Gasteiger partial charge in [0.15, 0.2) is 11.6 Å². The number of hydrogen-bond acceptors (Lipinski definition) is 5. The molecular weight excluding hydrogens is 320 g/mol. The number of aromatic nitrogens is 1. The van der Waals surface area contributed by atoms with Crippen LogP contribution >= 0.6 is 0 Å². The largest absolute Gasteiger partial charge is 0.463 e. The number of esters is 1. The fourth-order valence-corrected chi connectivity index (χ4v) is 2.37. The van der Waals surface area contributed by atoms with Crippen molar-refractivity contribution in [1.82, 2.24) is 4.98 Å². The third-order valence-electron chi connectivity index (χ3n) is 3.77. The maximum absolute atomic E-state index is 12.3. The normalized spacial score (nSPS) is 19.0. The van der Waals surface area contributed by atoms with Gasteiger partial charge in [-0.3, -0.25) is 4.79 Å². The third-order valence-corrected chi connectivity index (χ3v) is 3.77. The summed E-state index contributed by atoms with van der Waals surface area (Å²) < 4.78 is 10.5. The summed E-state index contributed by atoms with van der Waals surface area (Å²) in [5.41, 5.74) is -0.0186. The Morgan fingerprint density at radius 1 is 1.24 bits per heavy atom. The molecule has 1 aliphatic rings. The van der Waals surface area contributed by atoms with Crippen LogP contribution in [0.15, 0.2) is 42.5 Å². The van der Waals surface area contributed by atoms with Crippen molar-refractivity contribution in [3.05, 3.63) is 53.7 Å². The van der Waals surface area contributed by atoms with E-state index in [1.165, 1.54) is 6.92 Å². The Morgan fingerprint density at radius 3 is 2.72 bits per heavy atom. The Kier molecular flexibility index (Phi) is 4.52. The van der Waals surface area contributed by atoms with E-state index in [1.54, 1.807) is 19.1 Å². The van der Waals surface area contributed by atoms with Gasteiger partial charge in [-0.05, 0) is 37.6 Å². The Morgan fingerprint density at radius 2 is 2.00 bits per heavy atom. The first-order valence-corrected chi connectivity index (χ1v) is 7.95. The average Bonchev–Trinajstić information content (AvgIpc) is 2.62. The molecule has 1 N–H and O–H groups in total. The van der Waals surface area contributed by atoms with Crippen LogP contribution in [0.1, 0.15) is 25.1 Å². The molecule has 1 aromatic heterocycles. The van der Waals surface area contributed by atoms with E-state index in [2.05, 4.69) is 10.3 Å². The predicted octanol–water partition coefficient (Wildman–Crippen LogP) is 2.90.